The Morgan fingerprint density at radius 1 is 1.40 bits per heavy atom. The highest BCUT2D eigenvalue weighted by molar-refractivity contribution is 9.10. The van der Waals surface area contributed by atoms with Gasteiger partial charge >= 0.3 is 6.18 Å². The number of hydrogen-bond donors (Lipinski definition) is 1. The third-order valence-corrected chi connectivity index (χ3v) is 3.21. The maximum Gasteiger partial charge on any atom is 0.406 e. The molecule has 0 saturated heterocycles. The van der Waals surface area contributed by atoms with Crippen molar-refractivity contribution in [1.29, 1.82) is 0 Å². The van der Waals surface area contributed by atoms with Gasteiger partial charge in [-0.3, -0.25) is 4.79 Å². The molecule has 0 aromatic heterocycles. The van der Waals surface area contributed by atoms with E-state index in [1.54, 1.807) is 0 Å². The van der Waals surface area contributed by atoms with E-state index in [0.29, 0.717) is 4.90 Å². The van der Waals surface area contributed by atoms with Gasteiger partial charge in [0.15, 0.2) is 0 Å². The van der Waals surface area contributed by atoms with E-state index in [1.807, 2.05) is 0 Å². The lowest BCUT2D eigenvalue weighted by molar-refractivity contribution is -0.143. The van der Waals surface area contributed by atoms with Crippen LogP contribution in [0.4, 0.5) is 23.2 Å². The highest BCUT2D eigenvalue weighted by Crippen LogP contribution is 2.26. The number of hydrogen-bond acceptors (Lipinski definition) is 2. The number of anilines is 1. The summed E-state index contributed by atoms with van der Waals surface area (Å²) >= 11 is 2.95. The van der Waals surface area contributed by atoms with Crippen LogP contribution in [0.1, 0.15) is 24.2 Å². The monoisotopic (exact) mass is 356 g/mol. The molecular weight excluding hydrogens is 344 g/mol. The maximum atomic E-state index is 13.2. The molecule has 20 heavy (non-hydrogen) atoms. The zero-order chi connectivity index (χ0) is 15.7. The molecular formula is C12H13BrF4N2O. The summed E-state index contributed by atoms with van der Waals surface area (Å²) in [6.45, 7) is 1.54. The first-order valence-corrected chi connectivity index (χ1v) is 6.44. The third-order valence-electron chi connectivity index (χ3n) is 2.55. The second kappa shape index (κ2) is 5.99. The van der Waals surface area contributed by atoms with Crippen molar-refractivity contribution in [3.8, 4) is 0 Å². The molecule has 0 fully saturated rings. The average molecular weight is 357 g/mol. The van der Waals surface area contributed by atoms with E-state index in [4.69, 9.17) is 5.73 Å². The van der Waals surface area contributed by atoms with E-state index >= 15 is 0 Å². The fourth-order valence-corrected chi connectivity index (χ4v) is 2.05. The Labute approximate surface area is 121 Å². The fourth-order valence-electron chi connectivity index (χ4n) is 1.57. The lowest BCUT2D eigenvalue weighted by Crippen LogP contribution is -2.43. The summed E-state index contributed by atoms with van der Waals surface area (Å²) in [5.41, 5.74) is 4.93. The van der Waals surface area contributed by atoms with E-state index in [1.165, 1.54) is 13.8 Å². The van der Waals surface area contributed by atoms with Gasteiger partial charge in [0.1, 0.15) is 12.4 Å². The van der Waals surface area contributed by atoms with Gasteiger partial charge in [-0.25, -0.2) is 4.39 Å². The first kappa shape index (κ1) is 16.7. The summed E-state index contributed by atoms with van der Waals surface area (Å²) in [6, 6.07) is 1.31. The lowest BCUT2D eigenvalue weighted by atomic mass is 10.1. The van der Waals surface area contributed by atoms with Crippen LogP contribution in [0.3, 0.4) is 0 Å². The Kier molecular flexibility index (Phi) is 5.01. The van der Waals surface area contributed by atoms with Gasteiger partial charge in [0.25, 0.3) is 5.91 Å². The topological polar surface area (TPSA) is 46.3 Å². The Balaban J connectivity index is 3.16. The number of carbonyl (C=O) groups excluding carboxylic acids is 1. The molecule has 0 heterocycles. The smallest absolute Gasteiger partial charge is 0.396 e. The van der Waals surface area contributed by atoms with Crippen LogP contribution in [-0.4, -0.2) is 29.6 Å². The number of nitrogens with two attached hydrogens (primary N) is 1. The van der Waals surface area contributed by atoms with Crippen LogP contribution in [0, 0.1) is 5.82 Å². The molecule has 0 radical (unpaired) electrons. The van der Waals surface area contributed by atoms with Gasteiger partial charge in [0.05, 0.1) is 11.3 Å². The van der Waals surface area contributed by atoms with Crippen molar-refractivity contribution in [3.05, 3.63) is 28.0 Å². The number of rotatable bonds is 3. The Bertz CT molecular complexity index is 517. The molecule has 3 nitrogen and oxygen atoms in total. The molecule has 0 saturated carbocycles. The van der Waals surface area contributed by atoms with Crippen LogP contribution < -0.4 is 5.73 Å². The average Bonchev–Trinajstić information content (AvgIpc) is 2.28. The quantitative estimate of drug-likeness (QED) is 0.664. The van der Waals surface area contributed by atoms with E-state index in [2.05, 4.69) is 15.9 Å². The summed E-state index contributed by atoms with van der Waals surface area (Å²) in [5, 5.41) is 0. The van der Waals surface area contributed by atoms with Gasteiger partial charge in [-0.1, -0.05) is 0 Å². The van der Waals surface area contributed by atoms with Gasteiger partial charge < -0.3 is 10.6 Å². The fraction of sp³-hybridized carbons (Fsp3) is 0.417. The van der Waals surface area contributed by atoms with Crippen LogP contribution >= 0.6 is 15.9 Å². The van der Waals surface area contributed by atoms with E-state index in [-0.39, 0.29) is 15.7 Å². The summed E-state index contributed by atoms with van der Waals surface area (Å²) in [5.74, 6) is -1.61. The predicted octanol–water partition coefficient (Wildman–Crippen LogP) is 3.58. The Morgan fingerprint density at radius 2 is 1.95 bits per heavy atom. The molecule has 0 unspecified atom stereocenters. The van der Waals surface area contributed by atoms with Gasteiger partial charge in [-0.15, -0.1) is 0 Å². The molecule has 0 bridgehead atoms. The van der Waals surface area contributed by atoms with Crippen LogP contribution in [0.15, 0.2) is 16.6 Å². The van der Waals surface area contributed by atoms with Crippen LogP contribution in [0.2, 0.25) is 0 Å². The molecule has 8 heteroatoms. The minimum atomic E-state index is -4.52. The maximum absolute atomic E-state index is 13.2. The summed E-state index contributed by atoms with van der Waals surface area (Å²) in [6.07, 6.45) is -4.52. The number of benzene rings is 1. The zero-order valence-electron chi connectivity index (χ0n) is 10.8. The lowest BCUT2D eigenvalue weighted by Gasteiger charge is -2.28. The van der Waals surface area contributed by atoms with Gasteiger partial charge in [-0.05, 0) is 41.9 Å². The predicted molar refractivity (Wildman–Crippen MR) is 70.7 cm³/mol. The molecule has 2 N–H and O–H groups in total. The molecule has 0 atom stereocenters. The van der Waals surface area contributed by atoms with Gasteiger partial charge in [0, 0.05) is 10.5 Å². The molecule has 0 spiro atoms. The minimum Gasteiger partial charge on any atom is -0.396 e. The summed E-state index contributed by atoms with van der Waals surface area (Å²) in [4.78, 5) is 12.8. The molecule has 1 amide bonds. The number of nitrogen functional groups attached to an aromatic ring is 1. The largest absolute Gasteiger partial charge is 0.406 e. The number of halogens is 5. The van der Waals surface area contributed by atoms with Gasteiger partial charge in [0.2, 0.25) is 0 Å². The zero-order valence-corrected chi connectivity index (χ0v) is 12.3. The number of alkyl halides is 3. The second-order valence-corrected chi connectivity index (χ2v) is 5.35. The highest BCUT2D eigenvalue weighted by Gasteiger charge is 2.35. The van der Waals surface area contributed by atoms with Crippen molar-refractivity contribution in [2.24, 2.45) is 0 Å². The standard InChI is InChI=1S/C12H13BrF4N2O/c1-6(2)19(5-12(15,16)17)11(20)7-3-10(18)9(14)4-8(7)13/h3-4,6H,5,18H2,1-2H3. The molecule has 1 aromatic carbocycles. The minimum absolute atomic E-state index is 0.0574. The van der Waals surface area contributed by atoms with Crippen molar-refractivity contribution in [3.63, 3.8) is 0 Å². The van der Waals surface area contributed by atoms with Gasteiger partial charge in [-0.2, -0.15) is 13.2 Å². The van der Waals surface area contributed by atoms with E-state index in [9.17, 15) is 22.4 Å². The third kappa shape index (κ3) is 4.09. The SMILES string of the molecule is CC(C)N(CC(F)(F)F)C(=O)c1cc(N)c(F)cc1Br. The molecule has 0 aliphatic heterocycles. The normalized spacial score (nSPS) is 11.8. The van der Waals surface area contributed by atoms with Crippen LogP contribution in [-0.2, 0) is 0 Å². The molecule has 112 valence electrons. The number of carbonyl (C=O) groups is 1. The summed E-state index contributed by atoms with van der Waals surface area (Å²) in [7, 11) is 0. The molecule has 1 aromatic rings. The number of amides is 1. The van der Waals surface area contributed by atoms with Crippen molar-refractivity contribution in [2.75, 3.05) is 12.3 Å². The van der Waals surface area contributed by atoms with E-state index in [0.717, 1.165) is 12.1 Å². The Morgan fingerprint density at radius 3 is 2.40 bits per heavy atom. The van der Waals surface area contributed by atoms with Crippen molar-refractivity contribution in [1.82, 2.24) is 4.90 Å². The second-order valence-electron chi connectivity index (χ2n) is 4.50. The molecule has 0 aliphatic rings. The summed E-state index contributed by atoms with van der Waals surface area (Å²) < 4.78 is 50.7. The van der Waals surface area contributed by atoms with E-state index < -0.39 is 30.5 Å². The molecule has 0 aliphatic carbocycles. The first-order chi connectivity index (χ1) is 9.03. The van der Waals surface area contributed by atoms with Crippen LogP contribution in [0.25, 0.3) is 0 Å². The van der Waals surface area contributed by atoms with Crippen molar-refractivity contribution in [2.45, 2.75) is 26.1 Å². The number of nitrogens with zero attached hydrogens (tertiary/aromatic N) is 1. The van der Waals surface area contributed by atoms with Crippen LogP contribution in [0.5, 0.6) is 0 Å². The van der Waals surface area contributed by atoms with Crippen molar-refractivity contribution < 1.29 is 22.4 Å². The Hall–Kier alpha value is -1.31. The molecule has 1 rings (SSSR count). The first-order valence-electron chi connectivity index (χ1n) is 5.65. The highest BCUT2D eigenvalue weighted by atomic mass is 79.9. The van der Waals surface area contributed by atoms with Crippen molar-refractivity contribution >= 4 is 27.5 Å².